The fraction of sp³-hybridized carbons (Fsp3) is 0.917. The highest BCUT2D eigenvalue weighted by atomic mass is 19.4. The van der Waals surface area contributed by atoms with Crippen molar-refractivity contribution in [2.45, 2.75) is 31.7 Å². The summed E-state index contributed by atoms with van der Waals surface area (Å²) in [5.74, 6) is -0.501. The van der Waals surface area contributed by atoms with E-state index in [0.29, 0.717) is 32.6 Å². The second-order valence-corrected chi connectivity index (χ2v) is 4.72. The molecule has 1 rings (SSSR count). The van der Waals surface area contributed by atoms with Crippen LogP contribution in [-0.2, 0) is 9.53 Å². The molecular formula is C12H22F3N3O2. The van der Waals surface area contributed by atoms with E-state index in [1.54, 1.807) is 6.92 Å². The first-order valence-corrected chi connectivity index (χ1v) is 6.72. The number of methoxy groups -OCH3 is 1. The van der Waals surface area contributed by atoms with Crippen molar-refractivity contribution in [1.82, 2.24) is 15.5 Å². The van der Waals surface area contributed by atoms with E-state index in [0.717, 1.165) is 0 Å². The summed E-state index contributed by atoms with van der Waals surface area (Å²) in [6.07, 6.45) is -4.64. The number of piperazine rings is 1. The molecule has 1 fully saturated rings. The first-order chi connectivity index (χ1) is 9.40. The molecule has 0 spiro atoms. The number of nitrogens with zero attached hydrogens (tertiary/aromatic N) is 1. The molecule has 1 aliphatic heterocycles. The Morgan fingerprint density at radius 1 is 1.40 bits per heavy atom. The third-order valence-electron chi connectivity index (χ3n) is 3.39. The fourth-order valence-corrected chi connectivity index (χ4v) is 2.22. The Hall–Kier alpha value is -0.860. The summed E-state index contributed by atoms with van der Waals surface area (Å²) in [6.45, 7) is 2.99. The number of carbonyl (C=O) groups excluding carboxylic acids is 1. The highest BCUT2D eigenvalue weighted by molar-refractivity contribution is 5.80. The SMILES string of the molecule is CCC(OC)C(=O)NCC(N1CCNCC1)C(F)(F)F. The van der Waals surface area contributed by atoms with Crippen LogP contribution < -0.4 is 10.6 Å². The number of nitrogens with one attached hydrogen (secondary N) is 2. The van der Waals surface area contributed by atoms with Crippen LogP contribution in [0.1, 0.15) is 13.3 Å². The molecule has 0 aliphatic carbocycles. The van der Waals surface area contributed by atoms with E-state index < -0.39 is 30.8 Å². The third-order valence-corrected chi connectivity index (χ3v) is 3.39. The number of amides is 1. The van der Waals surface area contributed by atoms with Gasteiger partial charge in [0.2, 0.25) is 5.91 Å². The molecule has 1 heterocycles. The Bertz CT molecular complexity index is 303. The van der Waals surface area contributed by atoms with E-state index in [9.17, 15) is 18.0 Å². The zero-order valence-electron chi connectivity index (χ0n) is 11.8. The van der Waals surface area contributed by atoms with E-state index in [4.69, 9.17) is 4.74 Å². The third kappa shape index (κ3) is 4.92. The van der Waals surface area contributed by atoms with Gasteiger partial charge in [-0.25, -0.2) is 0 Å². The quantitative estimate of drug-likeness (QED) is 0.743. The number of hydrogen-bond donors (Lipinski definition) is 2. The molecule has 0 aromatic rings. The van der Waals surface area contributed by atoms with Gasteiger partial charge in [0.05, 0.1) is 0 Å². The molecular weight excluding hydrogens is 275 g/mol. The van der Waals surface area contributed by atoms with Crippen molar-refractivity contribution in [3.05, 3.63) is 0 Å². The van der Waals surface area contributed by atoms with Crippen LogP contribution in [-0.4, -0.2) is 69.0 Å². The highest BCUT2D eigenvalue weighted by Gasteiger charge is 2.44. The van der Waals surface area contributed by atoms with Crippen LogP contribution in [0.3, 0.4) is 0 Å². The molecule has 5 nitrogen and oxygen atoms in total. The maximum Gasteiger partial charge on any atom is 0.405 e. The molecule has 0 aromatic heterocycles. The molecule has 0 radical (unpaired) electrons. The van der Waals surface area contributed by atoms with Crippen LogP contribution >= 0.6 is 0 Å². The molecule has 118 valence electrons. The minimum absolute atomic E-state index is 0.321. The number of alkyl halides is 3. The normalized spacial score (nSPS) is 20.4. The molecule has 2 atom stereocenters. The molecule has 1 aliphatic rings. The summed E-state index contributed by atoms with van der Waals surface area (Å²) in [6, 6.07) is -1.65. The second-order valence-electron chi connectivity index (χ2n) is 4.72. The van der Waals surface area contributed by atoms with Gasteiger partial charge < -0.3 is 15.4 Å². The molecule has 8 heteroatoms. The Morgan fingerprint density at radius 2 is 2.00 bits per heavy atom. The monoisotopic (exact) mass is 297 g/mol. The topological polar surface area (TPSA) is 53.6 Å². The minimum atomic E-state index is -4.36. The molecule has 2 N–H and O–H groups in total. The van der Waals surface area contributed by atoms with Gasteiger partial charge >= 0.3 is 6.18 Å². The lowest BCUT2D eigenvalue weighted by molar-refractivity contribution is -0.184. The zero-order chi connectivity index (χ0) is 15.2. The second kappa shape index (κ2) is 7.80. The average Bonchev–Trinajstić information content (AvgIpc) is 2.40. The largest absolute Gasteiger partial charge is 0.405 e. The predicted octanol–water partition coefficient (Wildman–Crippen LogP) is 0.364. The fourth-order valence-electron chi connectivity index (χ4n) is 2.22. The molecule has 0 aromatic carbocycles. The van der Waals surface area contributed by atoms with Crippen molar-refractivity contribution < 1.29 is 22.7 Å². The van der Waals surface area contributed by atoms with Gasteiger partial charge in [-0.1, -0.05) is 6.92 Å². The highest BCUT2D eigenvalue weighted by Crippen LogP contribution is 2.24. The molecule has 2 unspecified atom stereocenters. The average molecular weight is 297 g/mol. The van der Waals surface area contributed by atoms with Gasteiger partial charge in [-0.2, -0.15) is 13.2 Å². The standard InChI is InChI=1S/C12H22F3N3O2/c1-3-9(20-2)11(19)17-8-10(12(13,14)15)18-6-4-16-5-7-18/h9-10,16H,3-8H2,1-2H3,(H,17,19). The van der Waals surface area contributed by atoms with Crippen molar-refractivity contribution in [2.75, 3.05) is 39.8 Å². The maximum absolute atomic E-state index is 13.1. The molecule has 0 bridgehead atoms. The van der Waals surface area contributed by atoms with Crippen molar-refractivity contribution in [3.8, 4) is 0 Å². The number of ether oxygens (including phenoxy) is 1. The summed E-state index contributed by atoms with van der Waals surface area (Å²) in [5, 5.41) is 5.35. The summed E-state index contributed by atoms with van der Waals surface area (Å²) in [4.78, 5) is 13.0. The van der Waals surface area contributed by atoms with Crippen LogP contribution in [0.15, 0.2) is 0 Å². The van der Waals surface area contributed by atoms with Crippen LogP contribution in [0.2, 0.25) is 0 Å². The first kappa shape index (κ1) is 17.2. The lowest BCUT2D eigenvalue weighted by Gasteiger charge is -2.36. The summed E-state index contributed by atoms with van der Waals surface area (Å²) < 4.78 is 44.1. The smallest absolute Gasteiger partial charge is 0.372 e. The van der Waals surface area contributed by atoms with E-state index >= 15 is 0 Å². The lowest BCUT2D eigenvalue weighted by Crippen LogP contribution is -2.58. The van der Waals surface area contributed by atoms with Gasteiger partial charge in [-0.15, -0.1) is 0 Å². The molecule has 0 saturated carbocycles. The Balaban J connectivity index is 2.59. The first-order valence-electron chi connectivity index (χ1n) is 6.72. The maximum atomic E-state index is 13.1. The van der Waals surface area contributed by atoms with Crippen molar-refractivity contribution >= 4 is 5.91 Å². The summed E-state index contributed by atoms with van der Waals surface area (Å²) >= 11 is 0. The van der Waals surface area contributed by atoms with Gasteiger partial charge in [0.15, 0.2) is 0 Å². The molecule has 20 heavy (non-hydrogen) atoms. The minimum Gasteiger partial charge on any atom is -0.372 e. The Morgan fingerprint density at radius 3 is 2.45 bits per heavy atom. The van der Waals surface area contributed by atoms with Crippen molar-refractivity contribution in [1.29, 1.82) is 0 Å². The Kier molecular flexibility index (Phi) is 6.70. The van der Waals surface area contributed by atoms with Crippen LogP contribution in [0, 0.1) is 0 Å². The summed E-state index contributed by atoms with van der Waals surface area (Å²) in [5.41, 5.74) is 0. The van der Waals surface area contributed by atoms with E-state index in [-0.39, 0.29) is 0 Å². The van der Waals surface area contributed by atoms with Crippen molar-refractivity contribution in [2.24, 2.45) is 0 Å². The lowest BCUT2D eigenvalue weighted by atomic mass is 10.2. The van der Waals surface area contributed by atoms with Gasteiger partial charge in [-0.05, 0) is 6.42 Å². The summed E-state index contributed by atoms with van der Waals surface area (Å²) in [7, 11) is 1.37. The zero-order valence-corrected chi connectivity index (χ0v) is 11.8. The molecule has 1 amide bonds. The molecule has 1 saturated heterocycles. The number of carbonyl (C=O) groups is 1. The van der Waals surface area contributed by atoms with Gasteiger partial charge in [0.25, 0.3) is 0 Å². The van der Waals surface area contributed by atoms with E-state index in [1.807, 2.05) is 0 Å². The van der Waals surface area contributed by atoms with E-state index in [2.05, 4.69) is 10.6 Å². The van der Waals surface area contributed by atoms with Gasteiger partial charge in [0.1, 0.15) is 12.1 Å². The van der Waals surface area contributed by atoms with Crippen LogP contribution in [0.5, 0.6) is 0 Å². The van der Waals surface area contributed by atoms with Gasteiger partial charge in [0, 0.05) is 39.8 Å². The predicted molar refractivity (Wildman–Crippen MR) is 68.4 cm³/mol. The van der Waals surface area contributed by atoms with Crippen LogP contribution in [0.4, 0.5) is 13.2 Å². The number of rotatable bonds is 6. The number of halogens is 3. The van der Waals surface area contributed by atoms with E-state index in [1.165, 1.54) is 12.0 Å². The van der Waals surface area contributed by atoms with Gasteiger partial charge in [-0.3, -0.25) is 9.69 Å². The van der Waals surface area contributed by atoms with Crippen molar-refractivity contribution in [3.63, 3.8) is 0 Å². The van der Waals surface area contributed by atoms with Crippen LogP contribution in [0.25, 0.3) is 0 Å². The Labute approximate surface area is 116 Å². The number of hydrogen-bond acceptors (Lipinski definition) is 4.